The minimum atomic E-state index is -0.106. The normalized spacial score (nSPS) is 16.4. The number of nitriles is 1. The van der Waals surface area contributed by atoms with E-state index < -0.39 is 0 Å². The number of nitrogens with zero attached hydrogens (tertiary/aromatic N) is 3. The molecule has 0 spiro atoms. The van der Waals surface area contributed by atoms with Crippen LogP contribution in [0.1, 0.15) is 46.0 Å². The Bertz CT molecular complexity index is 1070. The third-order valence-corrected chi connectivity index (χ3v) is 6.84. The third kappa shape index (κ3) is 3.61. The molecule has 1 aliphatic rings. The number of hydrogen-bond acceptors (Lipinski definition) is 5. The Morgan fingerprint density at radius 1 is 1.41 bits per heavy atom. The molecule has 150 valence electrons. The Hall–Kier alpha value is -2.82. The highest BCUT2D eigenvalue weighted by atomic mass is 32.1. The second-order valence-corrected chi connectivity index (χ2v) is 8.46. The highest BCUT2D eigenvalue weighted by Gasteiger charge is 2.27. The average Bonchev–Trinajstić information content (AvgIpc) is 3.42. The minimum absolute atomic E-state index is 0.106. The molecule has 1 atom stereocenters. The zero-order valence-corrected chi connectivity index (χ0v) is 17.7. The number of fused-ring (bicyclic) bond motifs is 1. The van der Waals surface area contributed by atoms with Crippen LogP contribution in [0.25, 0.3) is 0 Å². The molecule has 0 bridgehead atoms. The third-order valence-electron chi connectivity index (χ3n) is 5.84. The molecule has 6 nitrogen and oxygen atoms in total. The zero-order valence-electron chi connectivity index (χ0n) is 16.9. The molecule has 4 heterocycles. The van der Waals surface area contributed by atoms with Crippen molar-refractivity contribution < 1.29 is 9.21 Å². The van der Waals surface area contributed by atoms with Gasteiger partial charge in [-0.3, -0.25) is 9.69 Å². The van der Waals surface area contributed by atoms with E-state index >= 15 is 0 Å². The van der Waals surface area contributed by atoms with E-state index in [-0.39, 0.29) is 11.9 Å². The van der Waals surface area contributed by atoms with E-state index in [1.54, 1.807) is 17.6 Å². The van der Waals surface area contributed by atoms with Gasteiger partial charge in [0, 0.05) is 23.2 Å². The Balaban J connectivity index is 1.55. The highest BCUT2D eigenvalue weighted by molar-refractivity contribution is 7.10. The van der Waals surface area contributed by atoms with Crippen LogP contribution < -0.4 is 5.32 Å². The molecule has 1 amide bonds. The van der Waals surface area contributed by atoms with E-state index in [2.05, 4.69) is 34.7 Å². The second-order valence-electron chi connectivity index (χ2n) is 7.46. The van der Waals surface area contributed by atoms with Gasteiger partial charge in [-0.25, -0.2) is 0 Å². The average molecular weight is 409 g/mol. The predicted molar refractivity (Wildman–Crippen MR) is 113 cm³/mol. The molecule has 0 radical (unpaired) electrons. The molecule has 0 aromatic carbocycles. The van der Waals surface area contributed by atoms with E-state index in [9.17, 15) is 10.1 Å². The molecule has 1 aliphatic heterocycles. The molecule has 0 saturated heterocycles. The Labute approximate surface area is 174 Å². The van der Waals surface area contributed by atoms with Crippen molar-refractivity contribution in [2.24, 2.45) is 0 Å². The summed E-state index contributed by atoms with van der Waals surface area (Å²) in [4.78, 5) is 16.5. The molecular weight excluding hydrogens is 384 g/mol. The lowest BCUT2D eigenvalue weighted by Gasteiger charge is -2.32. The SMILES string of the molecule is Cc1c(C#N)c(NC(=O)CN2CCc3sccc3C2C)n(Cc2ccco2)c1C. The summed E-state index contributed by atoms with van der Waals surface area (Å²) >= 11 is 1.79. The number of aromatic nitrogens is 1. The van der Waals surface area contributed by atoms with Crippen LogP contribution in [0.3, 0.4) is 0 Å². The van der Waals surface area contributed by atoms with Crippen molar-refractivity contribution in [1.29, 1.82) is 5.26 Å². The summed E-state index contributed by atoms with van der Waals surface area (Å²) in [5.41, 5.74) is 3.65. The smallest absolute Gasteiger partial charge is 0.239 e. The van der Waals surface area contributed by atoms with Crippen LogP contribution in [0.15, 0.2) is 34.3 Å². The molecule has 0 saturated carbocycles. The number of furan rings is 1. The van der Waals surface area contributed by atoms with Gasteiger partial charge in [-0.1, -0.05) is 0 Å². The molecule has 1 N–H and O–H groups in total. The minimum Gasteiger partial charge on any atom is -0.467 e. The topological polar surface area (TPSA) is 74.2 Å². The number of carbonyl (C=O) groups excluding carboxylic acids is 1. The van der Waals surface area contributed by atoms with E-state index in [0.717, 1.165) is 30.0 Å². The molecule has 0 aliphatic carbocycles. The first-order valence-electron chi connectivity index (χ1n) is 9.72. The van der Waals surface area contributed by atoms with Crippen LogP contribution >= 0.6 is 11.3 Å². The molecule has 29 heavy (non-hydrogen) atoms. The molecule has 4 rings (SSSR count). The van der Waals surface area contributed by atoms with Gasteiger partial charge in [0.2, 0.25) is 5.91 Å². The maximum absolute atomic E-state index is 12.9. The summed E-state index contributed by atoms with van der Waals surface area (Å²) < 4.78 is 7.42. The molecule has 3 aromatic heterocycles. The van der Waals surface area contributed by atoms with Crippen molar-refractivity contribution in [1.82, 2.24) is 9.47 Å². The van der Waals surface area contributed by atoms with Gasteiger partial charge in [-0.05, 0) is 61.9 Å². The van der Waals surface area contributed by atoms with Crippen LogP contribution in [0, 0.1) is 25.2 Å². The number of amides is 1. The quantitative estimate of drug-likeness (QED) is 0.685. The van der Waals surface area contributed by atoms with Gasteiger partial charge in [0.1, 0.15) is 17.6 Å². The largest absolute Gasteiger partial charge is 0.467 e. The zero-order chi connectivity index (χ0) is 20.5. The van der Waals surface area contributed by atoms with Gasteiger partial charge < -0.3 is 14.3 Å². The predicted octanol–water partition coefficient (Wildman–Crippen LogP) is 4.24. The van der Waals surface area contributed by atoms with E-state index in [1.807, 2.05) is 30.5 Å². The first-order valence-corrected chi connectivity index (χ1v) is 10.6. The van der Waals surface area contributed by atoms with E-state index in [4.69, 9.17) is 4.42 Å². The second kappa shape index (κ2) is 7.90. The maximum atomic E-state index is 12.9. The number of thiophene rings is 1. The summed E-state index contributed by atoms with van der Waals surface area (Å²) in [6.07, 6.45) is 2.60. The lowest BCUT2D eigenvalue weighted by molar-refractivity contribution is -0.118. The van der Waals surface area contributed by atoms with Crippen LogP contribution in [-0.4, -0.2) is 28.5 Å². The van der Waals surface area contributed by atoms with Gasteiger partial charge >= 0.3 is 0 Å². The standard InChI is InChI=1S/C22H24N4O2S/c1-14-15(2)26(12-17-5-4-9-28-17)22(19(14)11-23)24-21(27)13-25-8-6-20-18(16(25)3)7-10-29-20/h4-5,7,9-10,16H,6,8,12-13H2,1-3H3,(H,24,27). The van der Waals surface area contributed by atoms with Crippen molar-refractivity contribution in [2.75, 3.05) is 18.4 Å². The summed E-state index contributed by atoms with van der Waals surface area (Å²) in [5, 5.41) is 14.8. The number of rotatable bonds is 5. The van der Waals surface area contributed by atoms with Gasteiger partial charge in [-0.15, -0.1) is 11.3 Å². The first kappa shape index (κ1) is 19.5. The summed E-state index contributed by atoms with van der Waals surface area (Å²) in [7, 11) is 0. The van der Waals surface area contributed by atoms with Crippen LogP contribution in [0.4, 0.5) is 5.82 Å². The fraction of sp³-hybridized carbons (Fsp3) is 0.364. The molecule has 1 unspecified atom stereocenters. The van der Waals surface area contributed by atoms with Crippen LogP contribution in [0.2, 0.25) is 0 Å². The number of hydrogen-bond donors (Lipinski definition) is 1. The lowest BCUT2D eigenvalue weighted by Crippen LogP contribution is -2.39. The van der Waals surface area contributed by atoms with E-state index in [1.165, 1.54) is 10.4 Å². The highest BCUT2D eigenvalue weighted by Crippen LogP contribution is 2.33. The van der Waals surface area contributed by atoms with Crippen molar-refractivity contribution in [3.05, 3.63) is 62.9 Å². The van der Waals surface area contributed by atoms with Gasteiger partial charge in [0.15, 0.2) is 0 Å². The Morgan fingerprint density at radius 3 is 2.97 bits per heavy atom. The molecular formula is C22H24N4O2S. The number of nitrogens with one attached hydrogen (secondary N) is 1. The monoisotopic (exact) mass is 408 g/mol. The van der Waals surface area contributed by atoms with E-state index in [0.29, 0.717) is 24.5 Å². The van der Waals surface area contributed by atoms with Crippen molar-refractivity contribution in [3.8, 4) is 6.07 Å². The maximum Gasteiger partial charge on any atom is 0.239 e. The Kier molecular flexibility index (Phi) is 5.31. The summed E-state index contributed by atoms with van der Waals surface area (Å²) in [6, 6.07) is 8.35. The Morgan fingerprint density at radius 2 is 2.24 bits per heavy atom. The molecule has 0 fully saturated rings. The van der Waals surface area contributed by atoms with Gasteiger partial charge in [0.25, 0.3) is 0 Å². The summed E-state index contributed by atoms with van der Waals surface area (Å²) in [5.74, 6) is 1.22. The van der Waals surface area contributed by atoms with Crippen molar-refractivity contribution >= 4 is 23.1 Å². The summed E-state index contributed by atoms with van der Waals surface area (Å²) in [6.45, 7) is 7.64. The van der Waals surface area contributed by atoms with Gasteiger partial charge in [-0.2, -0.15) is 5.26 Å². The fourth-order valence-electron chi connectivity index (χ4n) is 4.02. The lowest BCUT2D eigenvalue weighted by atomic mass is 10.0. The van der Waals surface area contributed by atoms with Gasteiger partial charge in [0.05, 0.1) is 24.9 Å². The molecule has 3 aromatic rings. The number of carbonyl (C=O) groups is 1. The molecule has 7 heteroatoms. The van der Waals surface area contributed by atoms with Crippen molar-refractivity contribution in [2.45, 2.75) is 39.8 Å². The number of anilines is 1. The fourth-order valence-corrected chi connectivity index (χ4v) is 4.98. The van der Waals surface area contributed by atoms with Crippen LogP contribution in [0.5, 0.6) is 0 Å². The van der Waals surface area contributed by atoms with Crippen LogP contribution in [-0.2, 0) is 17.8 Å². The van der Waals surface area contributed by atoms with Crippen molar-refractivity contribution in [3.63, 3.8) is 0 Å². The first-order chi connectivity index (χ1) is 14.0.